The fourth-order valence-electron chi connectivity index (χ4n) is 3.12. The summed E-state index contributed by atoms with van der Waals surface area (Å²) >= 11 is 0. The van der Waals surface area contributed by atoms with Crippen LogP contribution in [0.4, 0.5) is 0 Å². The number of benzene rings is 2. The van der Waals surface area contributed by atoms with Crippen molar-refractivity contribution in [3.8, 4) is 18.1 Å². The number of rotatable bonds is 4. The van der Waals surface area contributed by atoms with Gasteiger partial charge in [0.1, 0.15) is 12.4 Å². The fourth-order valence-corrected chi connectivity index (χ4v) is 3.12. The Morgan fingerprint density at radius 1 is 1.18 bits per heavy atom. The van der Waals surface area contributed by atoms with Gasteiger partial charge >= 0.3 is 0 Å². The molecule has 0 bridgehead atoms. The zero-order chi connectivity index (χ0) is 15.4. The first-order chi connectivity index (χ1) is 10.8. The van der Waals surface area contributed by atoms with Crippen LogP contribution in [0.5, 0.6) is 5.75 Å². The van der Waals surface area contributed by atoms with Crippen LogP contribution >= 0.6 is 0 Å². The molecule has 0 aliphatic heterocycles. The lowest BCUT2D eigenvalue weighted by Gasteiger charge is -2.09. The Bertz CT molecular complexity index is 709. The summed E-state index contributed by atoms with van der Waals surface area (Å²) in [7, 11) is 0. The van der Waals surface area contributed by atoms with E-state index in [1.54, 1.807) is 0 Å². The van der Waals surface area contributed by atoms with Crippen molar-refractivity contribution in [3.63, 3.8) is 0 Å². The molecule has 22 heavy (non-hydrogen) atoms. The predicted molar refractivity (Wildman–Crippen MR) is 91.8 cm³/mol. The number of terminal acetylenes is 1. The minimum Gasteiger partial charge on any atom is -0.481 e. The quantitative estimate of drug-likeness (QED) is 0.752. The molecule has 1 heteroatoms. The van der Waals surface area contributed by atoms with E-state index < -0.39 is 0 Å². The molecular formula is C21H20O. The smallest absolute Gasteiger partial charge is 0.148 e. The van der Waals surface area contributed by atoms with Crippen LogP contribution in [0.2, 0.25) is 0 Å². The van der Waals surface area contributed by atoms with Crippen molar-refractivity contribution in [1.82, 2.24) is 0 Å². The molecular weight excluding hydrogens is 268 g/mol. The van der Waals surface area contributed by atoms with Crippen LogP contribution in [-0.2, 0) is 12.8 Å². The van der Waals surface area contributed by atoms with Gasteiger partial charge in [0.25, 0.3) is 0 Å². The van der Waals surface area contributed by atoms with Crippen LogP contribution in [0, 0.1) is 18.3 Å². The van der Waals surface area contributed by atoms with E-state index >= 15 is 0 Å². The van der Waals surface area contributed by atoms with Gasteiger partial charge in [-0.3, -0.25) is 0 Å². The van der Waals surface area contributed by atoms with Crippen LogP contribution in [-0.4, -0.2) is 6.61 Å². The molecule has 3 rings (SSSR count). The SMILES string of the molecule is C#CCOc1cccc(/C(C)=C/C2Cc3ccccc3C2)c1. The van der Waals surface area contributed by atoms with Crippen molar-refractivity contribution in [1.29, 1.82) is 0 Å². The summed E-state index contributed by atoms with van der Waals surface area (Å²) in [6, 6.07) is 16.9. The van der Waals surface area contributed by atoms with Gasteiger partial charge in [-0.1, -0.05) is 48.4 Å². The molecule has 0 N–H and O–H groups in total. The Hall–Kier alpha value is -2.46. The first kappa shape index (κ1) is 14.5. The summed E-state index contributed by atoms with van der Waals surface area (Å²) in [4.78, 5) is 0. The van der Waals surface area contributed by atoms with Crippen molar-refractivity contribution in [2.45, 2.75) is 19.8 Å². The number of ether oxygens (including phenoxy) is 1. The maximum absolute atomic E-state index is 5.50. The molecule has 1 aliphatic rings. The number of hydrogen-bond acceptors (Lipinski definition) is 1. The average molecular weight is 288 g/mol. The topological polar surface area (TPSA) is 9.23 Å². The maximum Gasteiger partial charge on any atom is 0.148 e. The van der Waals surface area contributed by atoms with E-state index in [-0.39, 0.29) is 0 Å². The molecule has 0 saturated carbocycles. The van der Waals surface area contributed by atoms with Gasteiger partial charge in [-0.05, 0) is 60.1 Å². The monoisotopic (exact) mass is 288 g/mol. The van der Waals surface area contributed by atoms with E-state index in [0.29, 0.717) is 12.5 Å². The fraction of sp³-hybridized carbons (Fsp3) is 0.238. The first-order valence-electron chi connectivity index (χ1n) is 7.68. The summed E-state index contributed by atoms with van der Waals surface area (Å²) in [6.07, 6.45) is 9.91. The number of fused-ring (bicyclic) bond motifs is 1. The highest BCUT2D eigenvalue weighted by Gasteiger charge is 2.19. The number of hydrogen-bond donors (Lipinski definition) is 0. The van der Waals surface area contributed by atoms with Crippen molar-refractivity contribution < 1.29 is 4.74 Å². The molecule has 0 radical (unpaired) electrons. The van der Waals surface area contributed by atoms with E-state index in [1.165, 1.54) is 22.3 Å². The lowest BCUT2D eigenvalue weighted by molar-refractivity contribution is 0.370. The molecule has 2 aromatic rings. The Kier molecular flexibility index (Phi) is 4.30. The largest absolute Gasteiger partial charge is 0.481 e. The molecule has 0 saturated heterocycles. The van der Waals surface area contributed by atoms with Crippen LogP contribution in [0.1, 0.15) is 23.6 Å². The van der Waals surface area contributed by atoms with Gasteiger partial charge in [0, 0.05) is 0 Å². The lowest BCUT2D eigenvalue weighted by Crippen LogP contribution is -1.97. The van der Waals surface area contributed by atoms with E-state index in [9.17, 15) is 0 Å². The van der Waals surface area contributed by atoms with Crippen LogP contribution in [0.15, 0.2) is 54.6 Å². The van der Waals surface area contributed by atoms with Crippen molar-refractivity contribution in [3.05, 3.63) is 71.3 Å². The highest BCUT2D eigenvalue weighted by atomic mass is 16.5. The predicted octanol–water partition coefficient (Wildman–Crippen LogP) is 4.52. The molecule has 0 amide bonds. The molecule has 0 atom stereocenters. The molecule has 0 fully saturated rings. The van der Waals surface area contributed by atoms with E-state index in [4.69, 9.17) is 11.2 Å². The second kappa shape index (κ2) is 6.54. The lowest BCUT2D eigenvalue weighted by atomic mass is 9.99. The Morgan fingerprint density at radius 3 is 2.59 bits per heavy atom. The summed E-state index contributed by atoms with van der Waals surface area (Å²) in [5.41, 5.74) is 5.47. The molecule has 1 nitrogen and oxygen atoms in total. The standard InChI is InChI=1S/C21H20O/c1-3-11-22-21-10-6-9-18(15-21)16(2)12-17-13-19-7-4-5-8-20(19)14-17/h1,4-10,12,15,17H,11,13-14H2,2H3/b16-12+. The molecule has 1 aliphatic carbocycles. The first-order valence-corrected chi connectivity index (χ1v) is 7.68. The minimum absolute atomic E-state index is 0.310. The van der Waals surface area contributed by atoms with Crippen LogP contribution in [0.25, 0.3) is 5.57 Å². The van der Waals surface area contributed by atoms with Crippen molar-refractivity contribution in [2.24, 2.45) is 5.92 Å². The Labute approximate surface area is 132 Å². The van der Waals surface area contributed by atoms with Gasteiger partial charge in [0.05, 0.1) is 0 Å². The van der Waals surface area contributed by atoms with Crippen molar-refractivity contribution in [2.75, 3.05) is 6.61 Å². The van der Waals surface area contributed by atoms with Gasteiger partial charge in [-0.15, -0.1) is 6.42 Å². The third kappa shape index (κ3) is 3.23. The van der Waals surface area contributed by atoms with E-state index in [0.717, 1.165) is 18.6 Å². The second-order valence-corrected chi connectivity index (χ2v) is 5.81. The normalized spacial score (nSPS) is 14.5. The third-order valence-corrected chi connectivity index (χ3v) is 4.18. The molecule has 0 spiro atoms. The van der Waals surface area contributed by atoms with Crippen molar-refractivity contribution >= 4 is 5.57 Å². The van der Waals surface area contributed by atoms with Crippen LogP contribution < -0.4 is 4.74 Å². The molecule has 0 heterocycles. The van der Waals surface area contributed by atoms with E-state index in [2.05, 4.69) is 55.3 Å². The Morgan fingerprint density at radius 2 is 1.91 bits per heavy atom. The third-order valence-electron chi connectivity index (χ3n) is 4.18. The maximum atomic E-state index is 5.50. The van der Waals surface area contributed by atoms with Crippen LogP contribution in [0.3, 0.4) is 0 Å². The zero-order valence-electron chi connectivity index (χ0n) is 12.9. The summed E-state index contributed by atoms with van der Waals surface area (Å²) in [6.45, 7) is 2.48. The molecule has 110 valence electrons. The van der Waals surface area contributed by atoms with Gasteiger partial charge in [0.2, 0.25) is 0 Å². The molecule has 2 aromatic carbocycles. The van der Waals surface area contributed by atoms with Gasteiger partial charge < -0.3 is 4.74 Å². The minimum atomic E-state index is 0.310. The number of allylic oxidation sites excluding steroid dienone is 2. The zero-order valence-corrected chi connectivity index (χ0v) is 12.9. The summed E-state index contributed by atoms with van der Waals surface area (Å²) < 4.78 is 5.50. The Balaban J connectivity index is 1.74. The highest BCUT2D eigenvalue weighted by molar-refractivity contribution is 5.65. The van der Waals surface area contributed by atoms with Gasteiger partial charge in [-0.25, -0.2) is 0 Å². The highest BCUT2D eigenvalue weighted by Crippen LogP contribution is 2.30. The van der Waals surface area contributed by atoms with Gasteiger partial charge in [-0.2, -0.15) is 0 Å². The summed E-state index contributed by atoms with van der Waals surface area (Å²) in [5.74, 6) is 3.92. The van der Waals surface area contributed by atoms with Gasteiger partial charge in [0.15, 0.2) is 0 Å². The summed E-state index contributed by atoms with van der Waals surface area (Å²) in [5, 5.41) is 0. The second-order valence-electron chi connectivity index (χ2n) is 5.81. The average Bonchev–Trinajstić information content (AvgIpc) is 2.95. The molecule has 0 unspecified atom stereocenters. The van der Waals surface area contributed by atoms with E-state index in [1.807, 2.05) is 12.1 Å². The molecule has 0 aromatic heterocycles.